The minimum atomic E-state index is 0.0180. The SMILES string of the molecule is CN1CCC[C@H](Cn2c(=O)[nH]c3ccccc32)C1. The molecule has 1 aromatic heterocycles. The molecule has 1 aliphatic rings. The number of para-hydroxylation sites is 2. The predicted octanol–water partition coefficient (Wildman–Crippen LogP) is 1.67. The van der Waals surface area contributed by atoms with Crippen molar-refractivity contribution in [2.75, 3.05) is 20.1 Å². The third-order valence-corrected chi connectivity index (χ3v) is 3.84. The highest BCUT2D eigenvalue weighted by molar-refractivity contribution is 5.74. The summed E-state index contributed by atoms with van der Waals surface area (Å²) in [7, 11) is 2.16. The van der Waals surface area contributed by atoms with E-state index in [0.717, 1.165) is 24.1 Å². The molecule has 0 radical (unpaired) electrons. The summed E-state index contributed by atoms with van der Waals surface area (Å²) >= 11 is 0. The van der Waals surface area contributed by atoms with Crippen LogP contribution in [0.5, 0.6) is 0 Å². The van der Waals surface area contributed by atoms with Gasteiger partial charge in [0.1, 0.15) is 0 Å². The third kappa shape index (κ3) is 2.08. The quantitative estimate of drug-likeness (QED) is 0.874. The average molecular weight is 245 g/mol. The number of benzene rings is 1. The molecular formula is C14H19N3O. The second-order valence-corrected chi connectivity index (χ2v) is 5.33. The van der Waals surface area contributed by atoms with Gasteiger partial charge in [0.2, 0.25) is 0 Å². The summed E-state index contributed by atoms with van der Waals surface area (Å²) in [6.07, 6.45) is 2.45. The van der Waals surface area contributed by atoms with Crippen LogP contribution in [0.15, 0.2) is 29.1 Å². The molecule has 1 fully saturated rings. The van der Waals surface area contributed by atoms with E-state index in [2.05, 4.69) is 16.9 Å². The fraction of sp³-hybridized carbons (Fsp3) is 0.500. The molecule has 18 heavy (non-hydrogen) atoms. The van der Waals surface area contributed by atoms with Gasteiger partial charge in [-0.05, 0) is 44.5 Å². The lowest BCUT2D eigenvalue weighted by molar-refractivity contribution is 0.194. The highest BCUT2D eigenvalue weighted by Crippen LogP contribution is 2.18. The van der Waals surface area contributed by atoms with E-state index in [1.807, 2.05) is 28.8 Å². The fourth-order valence-electron chi connectivity index (χ4n) is 2.97. The molecule has 4 nitrogen and oxygen atoms in total. The lowest BCUT2D eigenvalue weighted by Crippen LogP contribution is -2.35. The summed E-state index contributed by atoms with van der Waals surface area (Å²) in [5, 5.41) is 0. The first kappa shape index (κ1) is 11.5. The number of piperidine rings is 1. The maximum atomic E-state index is 12.0. The van der Waals surface area contributed by atoms with Gasteiger partial charge >= 0.3 is 5.69 Å². The zero-order valence-corrected chi connectivity index (χ0v) is 10.7. The van der Waals surface area contributed by atoms with E-state index in [1.54, 1.807) is 0 Å². The summed E-state index contributed by atoms with van der Waals surface area (Å²) in [5.41, 5.74) is 1.98. The minimum absolute atomic E-state index is 0.0180. The molecule has 0 saturated carbocycles. The molecule has 1 aliphatic heterocycles. The topological polar surface area (TPSA) is 41.0 Å². The smallest absolute Gasteiger partial charge is 0.306 e. The molecule has 1 aromatic carbocycles. The van der Waals surface area contributed by atoms with Crippen LogP contribution in [0.4, 0.5) is 0 Å². The molecule has 0 bridgehead atoms. The van der Waals surface area contributed by atoms with Gasteiger partial charge in [-0.3, -0.25) is 4.57 Å². The predicted molar refractivity (Wildman–Crippen MR) is 72.8 cm³/mol. The second kappa shape index (κ2) is 4.61. The molecule has 1 saturated heterocycles. The van der Waals surface area contributed by atoms with Gasteiger partial charge in [-0.15, -0.1) is 0 Å². The largest absolute Gasteiger partial charge is 0.326 e. The van der Waals surface area contributed by atoms with E-state index < -0.39 is 0 Å². The van der Waals surface area contributed by atoms with E-state index in [4.69, 9.17) is 0 Å². The fourth-order valence-corrected chi connectivity index (χ4v) is 2.97. The van der Waals surface area contributed by atoms with Crippen molar-refractivity contribution in [1.82, 2.24) is 14.5 Å². The van der Waals surface area contributed by atoms with Crippen LogP contribution in [-0.2, 0) is 6.54 Å². The molecule has 0 unspecified atom stereocenters. The number of nitrogens with one attached hydrogen (secondary N) is 1. The van der Waals surface area contributed by atoms with Gasteiger partial charge in [0, 0.05) is 13.1 Å². The summed E-state index contributed by atoms with van der Waals surface area (Å²) in [6.45, 7) is 3.10. The van der Waals surface area contributed by atoms with Gasteiger partial charge in [-0.1, -0.05) is 12.1 Å². The van der Waals surface area contributed by atoms with Crippen LogP contribution in [0.3, 0.4) is 0 Å². The van der Waals surface area contributed by atoms with E-state index in [0.29, 0.717) is 5.92 Å². The van der Waals surface area contributed by atoms with E-state index in [1.165, 1.54) is 19.4 Å². The van der Waals surface area contributed by atoms with Crippen LogP contribution in [0.2, 0.25) is 0 Å². The molecule has 1 atom stereocenters. The first-order valence-corrected chi connectivity index (χ1v) is 6.60. The van der Waals surface area contributed by atoms with Crippen LogP contribution in [-0.4, -0.2) is 34.6 Å². The van der Waals surface area contributed by atoms with Crippen molar-refractivity contribution in [3.63, 3.8) is 0 Å². The lowest BCUT2D eigenvalue weighted by Gasteiger charge is -2.29. The number of hydrogen-bond acceptors (Lipinski definition) is 2. The number of aromatic nitrogens is 2. The Morgan fingerprint density at radius 1 is 1.39 bits per heavy atom. The van der Waals surface area contributed by atoms with Crippen LogP contribution in [0.25, 0.3) is 11.0 Å². The van der Waals surface area contributed by atoms with Gasteiger partial charge in [0.05, 0.1) is 11.0 Å². The standard InChI is InChI=1S/C14H19N3O/c1-16-8-4-5-11(9-16)10-17-13-7-3-2-6-12(13)15-14(17)18/h2-3,6-7,11H,4-5,8-10H2,1H3,(H,15,18)/t11-/m0/s1. The normalized spacial score (nSPS) is 21.5. The molecule has 3 rings (SSSR count). The van der Waals surface area contributed by atoms with E-state index in [9.17, 15) is 4.79 Å². The number of H-pyrrole nitrogens is 1. The van der Waals surface area contributed by atoms with Crippen LogP contribution in [0, 0.1) is 5.92 Å². The van der Waals surface area contributed by atoms with Gasteiger partial charge in [0.25, 0.3) is 0 Å². The molecule has 96 valence electrons. The molecule has 0 aliphatic carbocycles. The Bertz CT molecular complexity index is 598. The zero-order chi connectivity index (χ0) is 12.5. The molecule has 1 N–H and O–H groups in total. The van der Waals surface area contributed by atoms with Crippen molar-refractivity contribution in [2.24, 2.45) is 5.92 Å². The summed E-state index contributed by atoms with van der Waals surface area (Å²) in [5.74, 6) is 0.584. The number of imidazole rings is 1. The highest BCUT2D eigenvalue weighted by atomic mass is 16.1. The van der Waals surface area contributed by atoms with Crippen LogP contribution >= 0.6 is 0 Å². The van der Waals surface area contributed by atoms with E-state index in [-0.39, 0.29) is 5.69 Å². The van der Waals surface area contributed by atoms with Gasteiger partial charge in [-0.25, -0.2) is 4.79 Å². The van der Waals surface area contributed by atoms with Crippen LogP contribution in [0.1, 0.15) is 12.8 Å². The Kier molecular flexibility index (Phi) is 2.96. The van der Waals surface area contributed by atoms with E-state index >= 15 is 0 Å². The van der Waals surface area contributed by atoms with Crippen molar-refractivity contribution in [3.8, 4) is 0 Å². The number of nitrogens with zero attached hydrogens (tertiary/aromatic N) is 2. The Hall–Kier alpha value is -1.55. The van der Waals surface area contributed by atoms with Gasteiger partial charge < -0.3 is 9.88 Å². The number of aromatic amines is 1. The van der Waals surface area contributed by atoms with Crippen molar-refractivity contribution in [2.45, 2.75) is 19.4 Å². The zero-order valence-electron chi connectivity index (χ0n) is 10.7. The Morgan fingerprint density at radius 3 is 3.06 bits per heavy atom. The monoisotopic (exact) mass is 245 g/mol. The summed E-state index contributed by atoms with van der Waals surface area (Å²) < 4.78 is 1.89. The van der Waals surface area contributed by atoms with Crippen molar-refractivity contribution in [3.05, 3.63) is 34.7 Å². The molecular weight excluding hydrogens is 226 g/mol. The van der Waals surface area contributed by atoms with Gasteiger partial charge in [-0.2, -0.15) is 0 Å². The van der Waals surface area contributed by atoms with Crippen LogP contribution < -0.4 is 5.69 Å². The first-order chi connectivity index (χ1) is 8.74. The van der Waals surface area contributed by atoms with Crippen molar-refractivity contribution < 1.29 is 0 Å². The number of fused-ring (bicyclic) bond motifs is 1. The van der Waals surface area contributed by atoms with Crippen molar-refractivity contribution in [1.29, 1.82) is 0 Å². The van der Waals surface area contributed by atoms with Gasteiger partial charge in [0.15, 0.2) is 0 Å². The maximum Gasteiger partial charge on any atom is 0.326 e. The van der Waals surface area contributed by atoms with Crippen molar-refractivity contribution >= 4 is 11.0 Å². The number of rotatable bonds is 2. The third-order valence-electron chi connectivity index (χ3n) is 3.84. The first-order valence-electron chi connectivity index (χ1n) is 6.60. The Labute approximate surface area is 106 Å². The minimum Gasteiger partial charge on any atom is -0.306 e. The summed E-state index contributed by atoms with van der Waals surface area (Å²) in [4.78, 5) is 17.3. The Morgan fingerprint density at radius 2 is 2.22 bits per heavy atom. The lowest BCUT2D eigenvalue weighted by atomic mass is 9.98. The number of likely N-dealkylation sites (tertiary alicyclic amines) is 1. The molecule has 0 spiro atoms. The highest BCUT2D eigenvalue weighted by Gasteiger charge is 2.19. The maximum absolute atomic E-state index is 12.0. The Balaban J connectivity index is 1.90. The average Bonchev–Trinajstić information content (AvgIpc) is 2.66. The molecule has 2 heterocycles. The second-order valence-electron chi connectivity index (χ2n) is 5.33. The summed E-state index contributed by atoms with van der Waals surface area (Å²) in [6, 6.07) is 7.91. The molecule has 2 aromatic rings. The number of hydrogen-bond donors (Lipinski definition) is 1. The molecule has 4 heteroatoms. The molecule has 0 amide bonds.